The molecule has 644 valence electrons. The van der Waals surface area contributed by atoms with Crippen LogP contribution in [-0.2, 0) is 31.7 Å². The molecule has 116 heavy (non-hydrogen) atoms. The van der Waals surface area contributed by atoms with Crippen molar-refractivity contribution >= 4 is 23.9 Å². The fourth-order valence-corrected chi connectivity index (χ4v) is 9.80. The Bertz CT molecular complexity index is 3500. The fourth-order valence-electron chi connectivity index (χ4n) is 9.80. The van der Waals surface area contributed by atoms with Gasteiger partial charge in [-0.1, -0.05) is 169 Å². The molecule has 0 aromatic heterocycles. The summed E-state index contributed by atoms with van der Waals surface area (Å²) in [7, 11) is 7.05. The Balaban J connectivity index is -0.000000189. The molecule has 0 spiro atoms. The quantitative estimate of drug-likeness (QED) is 0.0802. The van der Waals surface area contributed by atoms with Crippen LogP contribution in [0.2, 0.25) is 0 Å². The van der Waals surface area contributed by atoms with Gasteiger partial charge in [-0.05, 0) is 119 Å². The van der Waals surface area contributed by atoms with Gasteiger partial charge in [-0.2, -0.15) is 0 Å². The van der Waals surface area contributed by atoms with Gasteiger partial charge in [-0.3, -0.25) is 19.6 Å². The molecular formula is C73H87N7O31Tb5+. The standard InChI is InChI=1S/C44H60N4O8.4C7H6O2.CH4O.3NO3.5H2O.5Tb/c1-29-17-33(41(49)37(21-29)53-5)25-45-9-11-46(26-34-18-30(2)22-38(54-6)42(34)50)13-15-48(28-36-20-32(4)24-40(56-8)44(36)52)16-14-47(12-10-45)27-35-19-31(3)23-39(55-7)43(35)51;4*8-7(9)6-4-2-1-3-5-6;1-2;3*2-1(3)4;;;;;;;;;;/h17-24,49-52H,9-16,25-28H2,1-8H3;4*1-5H,(H,8,9);2H,1H3;;;;5*1H2;;;;;/q;;;;;;3*-1;;;;;;5*+3/p-11. The number of aliphatic hydroxyl groups excluding tert-OH is 1. The molecule has 0 aliphatic carbocycles. The van der Waals surface area contributed by atoms with E-state index >= 15 is 0 Å². The number of aromatic carboxylic acids is 4. The number of hydrogen-bond donors (Lipinski definition) is 1. The van der Waals surface area contributed by atoms with Crippen LogP contribution in [0.3, 0.4) is 0 Å². The zero-order valence-electron chi connectivity index (χ0n) is 63.5. The number of carboxylic acid groups (broad SMARTS) is 4. The second kappa shape index (κ2) is 73.8. The maximum Gasteiger partial charge on any atom is 3.00 e. The summed E-state index contributed by atoms with van der Waals surface area (Å²) < 4.78 is 21.7. The van der Waals surface area contributed by atoms with Crippen LogP contribution in [-0.4, -0.2) is 174 Å². The normalized spacial score (nSPS) is 10.9. The van der Waals surface area contributed by atoms with Crippen LogP contribution in [0.25, 0.3) is 0 Å². The van der Waals surface area contributed by atoms with Crippen LogP contribution >= 0.6 is 0 Å². The van der Waals surface area contributed by atoms with Gasteiger partial charge in [-0.25, -0.2) is 0 Å². The molecule has 0 radical (unpaired) electrons. The number of carbonyl (C=O) groups is 4. The van der Waals surface area contributed by atoms with Crippen LogP contribution in [0.15, 0.2) is 170 Å². The summed E-state index contributed by atoms with van der Waals surface area (Å²) in [5.41, 5.74) is 7.23. The van der Waals surface area contributed by atoms with Gasteiger partial charge in [0.15, 0.2) is 0 Å². The van der Waals surface area contributed by atoms with E-state index in [1.165, 1.54) is 77.0 Å². The van der Waals surface area contributed by atoms with E-state index in [4.69, 9.17) is 70.0 Å². The average Bonchev–Trinajstić information content (AvgIpc) is 0.841. The summed E-state index contributed by atoms with van der Waals surface area (Å²) in [6.07, 6.45) is 0. The summed E-state index contributed by atoms with van der Waals surface area (Å²) in [5, 5.41) is 145. The third-order valence-corrected chi connectivity index (χ3v) is 14.5. The molecule has 1 heterocycles. The van der Waals surface area contributed by atoms with Crippen molar-refractivity contribution in [2.45, 2.75) is 53.9 Å². The molecule has 0 amide bonds. The number of carboxylic acids is 4. The number of rotatable bonds is 16. The number of hydrogen-bond acceptors (Lipinski definition) is 34. The number of aliphatic hydroxyl groups is 1. The second-order valence-electron chi connectivity index (χ2n) is 22.2. The Morgan fingerprint density at radius 2 is 0.448 bits per heavy atom. The Morgan fingerprint density at radius 1 is 0.319 bits per heavy atom. The summed E-state index contributed by atoms with van der Waals surface area (Å²) in [6.45, 7) is 14.2. The van der Waals surface area contributed by atoms with Crippen LogP contribution in [0, 0.1) is 267 Å². The first-order valence-corrected chi connectivity index (χ1v) is 31.5. The summed E-state index contributed by atoms with van der Waals surface area (Å²) in [5.74, 6) is -3.78. The molecule has 0 atom stereocenters. The smallest absolute Gasteiger partial charge is 0.870 e. The van der Waals surface area contributed by atoms with Crippen molar-refractivity contribution in [3.05, 3.63) is 283 Å². The third kappa shape index (κ3) is 54.7. The van der Waals surface area contributed by atoms with Crippen LogP contribution in [0.5, 0.6) is 46.0 Å². The molecule has 0 bridgehead atoms. The summed E-state index contributed by atoms with van der Waals surface area (Å²) in [6, 6.07) is 47.0. The molecule has 1 fully saturated rings. The zero-order valence-corrected chi connectivity index (χ0v) is 74.2. The van der Waals surface area contributed by atoms with Crippen molar-refractivity contribution in [1.29, 1.82) is 0 Å². The monoisotopic (exact) mass is 2350 g/mol. The molecule has 9 rings (SSSR count). The van der Waals surface area contributed by atoms with E-state index in [0.717, 1.165) is 29.4 Å². The number of carbonyl (C=O) groups excluding carboxylic acids is 4. The summed E-state index contributed by atoms with van der Waals surface area (Å²) >= 11 is 0. The minimum absolute atomic E-state index is 0. The van der Waals surface area contributed by atoms with Gasteiger partial charge < -0.3 is 157 Å². The first kappa shape index (κ1) is 130. The molecule has 1 aliphatic heterocycles. The molecule has 43 heteroatoms. The van der Waals surface area contributed by atoms with Crippen molar-refractivity contribution in [2.24, 2.45) is 0 Å². The average molecular weight is 2350 g/mol. The molecule has 8 N–H and O–H groups in total. The van der Waals surface area contributed by atoms with E-state index < -0.39 is 39.1 Å². The molecule has 1 saturated heterocycles. The van der Waals surface area contributed by atoms with Gasteiger partial charge in [0.25, 0.3) is 0 Å². The second-order valence-corrected chi connectivity index (χ2v) is 22.2. The van der Waals surface area contributed by atoms with E-state index in [1.54, 1.807) is 97.1 Å². The fraction of sp³-hybridized carbons (Fsp3) is 0.288. The minimum atomic E-state index is -1.75. The van der Waals surface area contributed by atoms with Crippen molar-refractivity contribution in [1.82, 2.24) is 19.6 Å². The first-order valence-electron chi connectivity index (χ1n) is 31.5. The predicted octanol–water partition coefficient (Wildman–Crippen LogP) is 1.03. The van der Waals surface area contributed by atoms with E-state index in [2.05, 4.69) is 19.6 Å². The van der Waals surface area contributed by atoms with Gasteiger partial charge in [0.2, 0.25) is 0 Å². The SMILES string of the molecule is CO.COc1cc(C)cc(CN2CCN(Cc3cc(C)cc(OC)c3[O-])CCN(Cc3cc(C)cc(OC)c3[O-])CCN(Cc3cc(C)cc(OC)c3[O-])CC2)c1[O-].O=C([O-])c1ccccc1.O=C([O-])c1ccccc1.O=C([O-])c1ccccc1.O=C([O-])c1ccccc1.O=[N+]([O-])[O-].O=[N+]([O-])[O-].O=[N+]([O-])[O-].[OH-].[OH-].[OH-].[OH-].[OH3+].[Tb+3].[Tb+3].[Tb+3].[Tb+3].[Tb+3]. The number of methoxy groups -OCH3 is 4. The number of nitrogens with zero attached hydrogens (tertiary/aromatic N) is 7. The van der Waals surface area contributed by atoms with Crippen molar-refractivity contribution in [3.63, 3.8) is 0 Å². The maximum absolute atomic E-state index is 13.4. The van der Waals surface area contributed by atoms with Gasteiger partial charge in [0.1, 0.15) is 23.0 Å². The maximum atomic E-state index is 13.4. The Kier molecular flexibility index (Phi) is 82.9. The molecule has 8 aromatic rings. The van der Waals surface area contributed by atoms with Gasteiger partial charge in [0.05, 0.1) is 67.6 Å². The Labute approximate surface area is 823 Å². The number of aryl methyl sites for hydroxylation is 4. The van der Waals surface area contributed by atoms with E-state index in [9.17, 15) is 60.0 Å². The van der Waals surface area contributed by atoms with Crippen molar-refractivity contribution in [2.75, 3.05) is 87.9 Å². The molecule has 0 unspecified atom stereocenters. The largest absolute Gasteiger partial charge is 3.00 e. The molecule has 1 aliphatic rings. The van der Waals surface area contributed by atoms with Crippen molar-refractivity contribution in [3.8, 4) is 46.0 Å². The van der Waals surface area contributed by atoms with Gasteiger partial charge in [0, 0.05) is 85.6 Å². The van der Waals surface area contributed by atoms with E-state index in [1.807, 2.05) is 52.0 Å². The third-order valence-electron chi connectivity index (χ3n) is 14.5. The molecule has 38 nitrogen and oxygen atoms in total. The van der Waals surface area contributed by atoms with E-state index in [-0.39, 0.29) is 266 Å². The predicted molar refractivity (Wildman–Crippen MR) is 385 cm³/mol. The van der Waals surface area contributed by atoms with Gasteiger partial charge >= 0.3 is 193 Å². The minimum Gasteiger partial charge on any atom is -0.870 e. The Hall–Kier alpha value is -6.33. The van der Waals surface area contributed by atoms with Crippen LogP contribution in [0.1, 0.15) is 85.9 Å². The molecule has 8 aromatic carbocycles. The Morgan fingerprint density at radius 3 is 0.552 bits per heavy atom. The van der Waals surface area contributed by atoms with Crippen LogP contribution in [0.4, 0.5) is 0 Å². The molecular weight excluding hydrogens is 2270 g/mol. The summed E-state index contributed by atoms with van der Waals surface area (Å²) in [4.78, 5) is 74.2. The topological polar surface area (TPSA) is 674 Å². The van der Waals surface area contributed by atoms with E-state index in [0.29, 0.717) is 124 Å². The van der Waals surface area contributed by atoms with Crippen molar-refractivity contribution < 1.29 is 320 Å². The first-order chi connectivity index (χ1) is 50.2. The molecule has 0 saturated carbocycles. The van der Waals surface area contributed by atoms with Gasteiger partial charge in [-0.15, -0.1) is 0 Å². The zero-order chi connectivity index (χ0) is 80.0. The van der Waals surface area contributed by atoms with Crippen LogP contribution < -0.4 is 59.8 Å². The number of ether oxygens (including phenoxy) is 4. The number of benzene rings is 8.